The molecule has 16 heavy (non-hydrogen) atoms. The van der Waals surface area contributed by atoms with Gasteiger partial charge in [-0.2, -0.15) is 0 Å². The molecule has 2 N–H and O–H groups in total. The van der Waals surface area contributed by atoms with E-state index < -0.39 is 5.91 Å². The molecule has 1 saturated heterocycles. The van der Waals surface area contributed by atoms with Crippen molar-refractivity contribution in [3.05, 3.63) is 0 Å². The zero-order valence-corrected chi connectivity index (χ0v) is 9.66. The highest BCUT2D eigenvalue weighted by Gasteiger charge is 2.36. The number of nitrogens with zero attached hydrogens (tertiary/aromatic N) is 1. The summed E-state index contributed by atoms with van der Waals surface area (Å²) in [6, 6.07) is 0.224. The van der Waals surface area contributed by atoms with Crippen LogP contribution in [0.25, 0.3) is 0 Å². The minimum absolute atomic E-state index is 0.224. The van der Waals surface area contributed by atoms with E-state index in [4.69, 9.17) is 0 Å². The van der Waals surface area contributed by atoms with E-state index >= 15 is 0 Å². The monoisotopic (exact) mass is 225 g/mol. The Morgan fingerprint density at radius 3 is 2.75 bits per heavy atom. The molecule has 2 unspecified atom stereocenters. The third kappa shape index (κ3) is 2.72. The summed E-state index contributed by atoms with van der Waals surface area (Å²) in [6.07, 6.45) is 1.92. The highest BCUT2D eigenvalue weighted by atomic mass is 16.2. The van der Waals surface area contributed by atoms with E-state index in [1.54, 1.807) is 4.90 Å². The normalized spacial score (nSPS) is 29.4. The fourth-order valence-electron chi connectivity index (χ4n) is 1.95. The Morgan fingerprint density at radius 2 is 2.06 bits per heavy atom. The van der Waals surface area contributed by atoms with Crippen LogP contribution in [0, 0.1) is 5.92 Å². The van der Waals surface area contributed by atoms with Crippen molar-refractivity contribution >= 4 is 11.8 Å². The van der Waals surface area contributed by atoms with Gasteiger partial charge in [0, 0.05) is 25.7 Å². The summed E-state index contributed by atoms with van der Waals surface area (Å²) in [5.74, 6) is -0.276. The molecule has 0 aromatic heterocycles. The molecule has 1 saturated carbocycles. The summed E-state index contributed by atoms with van der Waals surface area (Å²) in [5.41, 5.74) is 0. The minimum atomic E-state index is -0.434. The smallest absolute Gasteiger partial charge is 0.311 e. The molecule has 0 radical (unpaired) electrons. The quantitative estimate of drug-likeness (QED) is 0.582. The van der Waals surface area contributed by atoms with Crippen LogP contribution >= 0.6 is 0 Å². The molecule has 2 atom stereocenters. The third-order valence-electron chi connectivity index (χ3n) is 3.25. The molecule has 5 nitrogen and oxygen atoms in total. The topological polar surface area (TPSA) is 61.4 Å². The van der Waals surface area contributed by atoms with Gasteiger partial charge in [0.2, 0.25) is 0 Å². The molecule has 2 aliphatic rings. The van der Waals surface area contributed by atoms with Gasteiger partial charge in [-0.05, 0) is 25.3 Å². The van der Waals surface area contributed by atoms with E-state index in [1.165, 1.54) is 0 Å². The number of carbonyl (C=O) groups is 2. The van der Waals surface area contributed by atoms with E-state index in [1.807, 2.05) is 0 Å². The highest BCUT2D eigenvalue weighted by Crippen LogP contribution is 2.28. The molecule has 5 heteroatoms. The van der Waals surface area contributed by atoms with Gasteiger partial charge in [-0.3, -0.25) is 9.59 Å². The fraction of sp³-hybridized carbons (Fsp3) is 0.818. The van der Waals surface area contributed by atoms with Crippen LogP contribution in [0.4, 0.5) is 0 Å². The summed E-state index contributed by atoms with van der Waals surface area (Å²) >= 11 is 0. The van der Waals surface area contributed by atoms with Gasteiger partial charge in [0.05, 0.1) is 0 Å². The lowest BCUT2D eigenvalue weighted by atomic mass is 10.3. The van der Waals surface area contributed by atoms with E-state index in [0.29, 0.717) is 19.0 Å². The second-order valence-corrected chi connectivity index (χ2v) is 4.69. The van der Waals surface area contributed by atoms with Crippen molar-refractivity contribution in [2.24, 2.45) is 5.92 Å². The van der Waals surface area contributed by atoms with Crippen LogP contribution in [-0.4, -0.2) is 48.9 Å². The Bertz CT molecular complexity index is 285. The summed E-state index contributed by atoms with van der Waals surface area (Å²) in [6.45, 7) is 5.08. The predicted octanol–water partition coefficient (Wildman–Crippen LogP) is -0.667. The summed E-state index contributed by atoms with van der Waals surface area (Å²) in [5, 5.41) is 5.98. The third-order valence-corrected chi connectivity index (χ3v) is 3.25. The van der Waals surface area contributed by atoms with Gasteiger partial charge in [0.25, 0.3) is 0 Å². The maximum Gasteiger partial charge on any atom is 0.311 e. The number of hydrogen-bond acceptors (Lipinski definition) is 3. The van der Waals surface area contributed by atoms with Crippen LogP contribution in [0.1, 0.15) is 19.8 Å². The molecule has 1 aliphatic carbocycles. The second kappa shape index (κ2) is 4.82. The maximum absolute atomic E-state index is 11.8. The number of hydrogen-bond donors (Lipinski definition) is 2. The zero-order chi connectivity index (χ0) is 11.5. The lowest BCUT2D eigenvalue weighted by molar-refractivity contribution is -0.145. The Balaban J connectivity index is 1.82. The van der Waals surface area contributed by atoms with E-state index in [-0.39, 0.29) is 11.9 Å². The van der Waals surface area contributed by atoms with Gasteiger partial charge >= 0.3 is 11.8 Å². The molecule has 0 aromatic carbocycles. The first-order valence-corrected chi connectivity index (χ1v) is 5.99. The van der Waals surface area contributed by atoms with Crippen molar-refractivity contribution in [2.45, 2.75) is 25.8 Å². The predicted molar refractivity (Wildman–Crippen MR) is 59.8 cm³/mol. The second-order valence-electron chi connectivity index (χ2n) is 4.69. The SMILES string of the molecule is CC1CC1NC(=O)C(=O)N1CCCNCC1. The van der Waals surface area contributed by atoms with Crippen LogP contribution < -0.4 is 10.6 Å². The van der Waals surface area contributed by atoms with Gasteiger partial charge in [-0.1, -0.05) is 6.92 Å². The summed E-state index contributed by atoms with van der Waals surface area (Å²) < 4.78 is 0. The molecule has 1 aliphatic heterocycles. The van der Waals surface area contributed by atoms with Gasteiger partial charge in [0.1, 0.15) is 0 Å². The minimum Gasteiger partial charge on any atom is -0.345 e. The average molecular weight is 225 g/mol. The van der Waals surface area contributed by atoms with Crippen molar-refractivity contribution in [2.75, 3.05) is 26.2 Å². The molecule has 2 rings (SSSR count). The molecule has 2 amide bonds. The first kappa shape index (κ1) is 11.4. The maximum atomic E-state index is 11.8. The summed E-state index contributed by atoms with van der Waals surface area (Å²) in [7, 11) is 0. The molecular formula is C11H19N3O2. The van der Waals surface area contributed by atoms with Crippen LogP contribution in [0.15, 0.2) is 0 Å². The van der Waals surface area contributed by atoms with E-state index in [0.717, 1.165) is 25.9 Å². The van der Waals surface area contributed by atoms with Gasteiger partial charge in [0.15, 0.2) is 0 Å². The number of amides is 2. The Kier molecular flexibility index (Phi) is 3.43. The number of nitrogens with one attached hydrogen (secondary N) is 2. The molecular weight excluding hydrogens is 206 g/mol. The number of carbonyl (C=O) groups excluding carboxylic acids is 2. The van der Waals surface area contributed by atoms with E-state index in [9.17, 15) is 9.59 Å². The van der Waals surface area contributed by atoms with Crippen molar-refractivity contribution in [3.8, 4) is 0 Å². The van der Waals surface area contributed by atoms with Gasteiger partial charge in [-0.15, -0.1) is 0 Å². The van der Waals surface area contributed by atoms with Crippen molar-refractivity contribution in [1.82, 2.24) is 15.5 Å². The van der Waals surface area contributed by atoms with Crippen LogP contribution in [0.2, 0.25) is 0 Å². The average Bonchev–Trinajstić information content (AvgIpc) is 3.00. The lowest BCUT2D eigenvalue weighted by Gasteiger charge is -2.19. The molecule has 1 heterocycles. The van der Waals surface area contributed by atoms with E-state index in [2.05, 4.69) is 17.6 Å². The van der Waals surface area contributed by atoms with Crippen LogP contribution in [0.5, 0.6) is 0 Å². The molecule has 90 valence electrons. The zero-order valence-electron chi connectivity index (χ0n) is 9.66. The van der Waals surface area contributed by atoms with Crippen LogP contribution in [-0.2, 0) is 9.59 Å². The largest absolute Gasteiger partial charge is 0.345 e. The molecule has 0 aromatic rings. The Hall–Kier alpha value is -1.10. The first-order chi connectivity index (χ1) is 7.68. The van der Waals surface area contributed by atoms with Gasteiger partial charge in [-0.25, -0.2) is 0 Å². The van der Waals surface area contributed by atoms with Crippen molar-refractivity contribution in [3.63, 3.8) is 0 Å². The lowest BCUT2D eigenvalue weighted by Crippen LogP contribution is -2.45. The van der Waals surface area contributed by atoms with Crippen molar-refractivity contribution < 1.29 is 9.59 Å². The fourth-order valence-corrected chi connectivity index (χ4v) is 1.95. The Labute approximate surface area is 95.6 Å². The molecule has 0 bridgehead atoms. The molecule has 2 fully saturated rings. The molecule has 0 spiro atoms. The standard InChI is InChI=1S/C11H19N3O2/c1-8-7-9(8)13-10(15)11(16)14-5-2-3-12-4-6-14/h8-9,12H,2-7H2,1H3,(H,13,15). The van der Waals surface area contributed by atoms with Gasteiger partial charge < -0.3 is 15.5 Å². The van der Waals surface area contributed by atoms with Crippen molar-refractivity contribution in [1.29, 1.82) is 0 Å². The first-order valence-electron chi connectivity index (χ1n) is 5.99. The van der Waals surface area contributed by atoms with Crippen LogP contribution in [0.3, 0.4) is 0 Å². The summed E-state index contributed by atoms with van der Waals surface area (Å²) in [4.78, 5) is 25.1. The number of rotatable bonds is 1. The highest BCUT2D eigenvalue weighted by molar-refractivity contribution is 6.35. The Morgan fingerprint density at radius 1 is 1.31 bits per heavy atom.